The molecule has 0 fully saturated rings. The molecule has 0 saturated carbocycles. The van der Waals surface area contributed by atoms with E-state index in [2.05, 4.69) is 9.97 Å². The van der Waals surface area contributed by atoms with Crippen molar-refractivity contribution in [1.82, 2.24) is 14.5 Å². The SMILES string of the molecule is COC[C@@H](c1ccccc1)n1c(CCC(C)C)nc(O)c(S(=O)(=O)c2ccc(-c3cccnc3C)cc2)c1=O. The van der Waals surface area contributed by atoms with E-state index in [1.807, 2.05) is 63.2 Å². The maximum Gasteiger partial charge on any atom is 0.277 e. The van der Waals surface area contributed by atoms with Crippen LogP contribution < -0.4 is 5.56 Å². The van der Waals surface area contributed by atoms with Crippen LogP contribution in [0.3, 0.4) is 0 Å². The molecule has 2 aromatic carbocycles. The van der Waals surface area contributed by atoms with Gasteiger partial charge in [-0.3, -0.25) is 14.3 Å². The molecule has 4 aromatic rings. The maximum absolute atomic E-state index is 14.0. The first kappa shape index (κ1) is 28.2. The molecule has 0 aliphatic rings. The minimum atomic E-state index is -4.41. The number of ether oxygens (including phenoxy) is 1. The highest BCUT2D eigenvalue weighted by atomic mass is 32.2. The molecule has 0 aliphatic heterocycles. The molecule has 0 spiro atoms. The van der Waals surface area contributed by atoms with Crippen molar-refractivity contribution in [2.24, 2.45) is 5.92 Å². The number of rotatable bonds is 10. The minimum Gasteiger partial charge on any atom is -0.492 e. The highest BCUT2D eigenvalue weighted by molar-refractivity contribution is 7.91. The summed E-state index contributed by atoms with van der Waals surface area (Å²) in [5.41, 5.74) is 2.39. The van der Waals surface area contributed by atoms with Gasteiger partial charge in [-0.05, 0) is 48.6 Å². The first-order valence-electron chi connectivity index (χ1n) is 12.8. The number of hydrogen-bond donors (Lipinski definition) is 1. The first-order valence-corrected chi connectivity index (χ1v) is 14.3. The summed E-state index contributed by atoms with van der Waals surface area (Å²) in [4.78, 5) is 21.7. The predicted molar refractivity (Wildman–Crippen MR) is 150 cm³/mol. The number of aromatic hydroxyl groups is 1. The quantitative estimate of drug-likeness (QED) is 0.298. The Labute approximate surface area is 228 Å². The molecule has 8 nitrogen and oxygen atoms in total. The third kappa shape index (κ3) is 5.94. The lowest BCUT2D eigenvalue weighted by atomic mass is 10.1. The lowest BCUT2D eigenvalue weighted by Crippen LogP contribution is -2.35. The third-order valence-corrected chi connectivity index (χ3v) is 8.43. The number of benzene rings is 2. The van der Waals surface area contributed by atoms with Crippen molar-refractivity contribution in [2.75, 3.05) is 13.7 Å². The van der Waals surface area contributed by atoms with Crippen molar-refractivity contribution in [3.8, 4) is 17.0 Å². The smallest absolute Gasteiger partial charge is 0.277 e. The predicted octanol–water partition coefficient (Wildman–Crippen LogP) is 4.98. The van der Waals surface area contributed by atoms with Crippen LogP contribution in [0, 0.1) is 12.8 Å². The first-order chi connectivity index (χ1) is 18.6. The molecular formula is C30H33N3O5S. The average Bonchev–Trinajstić information content (AvgIpc) is 2.91. The van der Waals surface area contributed by atoms with Gasteiger partial charge in [0.25, 0.3) is 5.56 Å². The zero-order chi connectivity index (χ0) is 28.2. The normalized spacial score (nSPS) is 12.5. The van der Waals surface area contributed by atoms with Crippen LogP contribution in [-0.4, -0.2) is 41.8 Å². The molecule has 4 rings (SSSR count). The van der Waals surface area contributed by atoms with Gasteiger partial charge in [-0.15, -0.1) is 0 Å². The Bertz CT molecular complexity index is 1600. The van der Waals surface area contributed by atoms with Crippen molar-refractivity contribution >= 4 is 9.84 Å². The van der Waals surface area contributed by atoms with E-state index in [-0.39, 0.29) is 11.5 Å². The van der Waals surface area contributed by atoms with Gasteiger partial charge in [0.05, 0.1) is 17.5 Å². The van der Waals surface area contributed by atoms with E-state index in [0.717, 1.165) is 22.4 Å². The Morgan fingerprint density at radius 3 is 2.31 bits per heavy atom. The van der Waals surface area contributed by atoms with Crippen LogP contribution in [0.4, 0.5) is 0 Å². The second kappa shape index (κ2) is 11.9. The molecule has 204 valence electrons. The van der Waals surface area contributed by atoms with Gasteiger partial charge in [0.2, 0.25) is 15.7 Å². The Kier molecular flexibility index (Phi) is 8.62. The van der Waals surface area contributed by atoms with Gasteiger partial charge in [-0.25, -0.2) is 8.42 Å². The molecule has 0 aliphatic carbocycles. The molecule has 2 heterocycles. The van der Waals surface area contributed by atoms with E-state index < -0.39 is 32.2 Å². The Morgan fingerprint density at radius 2 is 1.69 bits per heavy atom. The number of sulfone groups is 1. The number of nitrogens with zero attached hydrogens (tertiary/aromatic N) is 3. The van der Waals surface area contributed by atoms with E-state index in [4.69, 9.17) is 4.74 Å². The zero-order valence-corrected chi connectivity index (χ0v) is 23.4. The van der Waals surface area contributed by atoms with Crippen LogP contribution in [0.2, 0.25) is 0 Å². The number of aromatic nitrogens is 3. The second-order valence-electron chi connectivity index (χ2n) is 9.83. The largest absolute Gasteiger partial charge is 0.492 e. The number of methoxy groups -OCH3 is 1. The van der Waals surface area contributed by atoms with E-state index in [0.29, 0.717) is 24.6 Å². The Morgan fingerprint density at radius 1 is 1.00 bits per heavy atom. The molecule has 1 N–H and O–H groups in total. The fraction of sp³-hybridized carbons (Fsp3) is 0.300. The van der Waals surface area contributed by atoms with Gasteiger partial charge in [0, 0.05) is 31.0 Å². The lowest BCUT2D eigenvalue weighted by Gasteiger charge is -2.24. The summed E-state index contributed by atoms with van der Waals surface area (Å²) in [6.45, 7) is 6.07. The van der Waals surface area contributed by atoms with Crippen molar-refractivity contribution in [3.05, 3.63) is 100 Å². The zero-order valence-electron chi connectivity index (χ0n) is 22.5. The summed E-state index contributed by atoms with van der Waals surface area (Å²) in [6, 6.07) is 18.5. The summed E-state index contributed by atoms with van der Waals surface area (Å²) in [6.07, 6.45) is 2.77. The lowest BCUT2D eigenvalue weighted by molar-refractivity contribution is 0.165. The van der Waals surface area contributed by atoms with Crippen LogP contribution >= 0.6 is 0 Å². The molecule has 9 heteroatoms. The van der Waals surface area contributed by atoms with Crippen LogP contribution in [-0.2, 0) is 21.0 Å². The van der Waals surface area contributed by atoms with Crippen LogP contribution in [0.1, 0.15) is 43.4 Å². The molecular weight excluding hydrogens is 514 g/mol. The van der Waals surface area contributed by atoms with E-state index in [1.54, 1.807) is 18.3 Å². The van der Waals surface area contributed by atoms with Crippen LogP contribution in [0.25, 0.3) is 11.1 Å². The molecule has 0 amide bonds. The summed E-state index contributed by atoms with van der Waals surface area (Å²) >= 11 is 0. The summed E-state index contributed by atoms with van der Waals surface area (Å²) < 4.78 is 34.4. The van der Waals surface area contributed by atoms with Gasteiger partial charge >= 0.3 is 0 Å². The molecule has 0 saturated heterocycles. The topological polar surface area (TPSA) is 111 Å². The standard InChI is InChI=1S/C30H33N3O5S/c1-20(2)12-17-27-32-29(34)28(30(35)33(27)26(19-38-4)23-9-6-5-7-10-23)39(36,37)24-15-13-22(14-16-24)25-11-8-18-31-21(25)3/h5-11,13-16,18,20,26,34H,12,17,19H2,1-4H3/t26-/m0/s1. The number of pyridine rings is 1. The summed E-state index contributed by atoms with van der Waals surface area (Å²) in [7, 11) is -2.89. The molecule has 1 atom stereocenters. The molecule has 0 bridgehead atoms. The average molecular weight is 548 g/mol. The van der Waals surface area contributed by atoms with Crippen molar-refractivity contribution in [2.45, 2.75) is 49.4 Å². The highest BCUT2D eigenvalue weighted by Crippen LogP contribution is 2.30. The monoisotopic (exact) mass is 547 g/mol. The van der Waals surface area contributed by atoms with Crippen molar-refractivity contribution in [1.29, 1.82) is 0 Å². The molecule has 39 heavy (non-hydrogen) atoms. The Balaban J connectivity index is 1.88. The van der Waals surface area contributed by atoms with Gasteiger partial charge in [-0.1, -0.05) is 62.4 Å². The fourth-order valence-electron chi connectivity index (χ4n) is 4.57. The second-order valence-corrected chi connectivity index (χ2v) is 11.7. The van der Waals surface area contributed by atoms with E-state index in [1.165, 1.54) is 23.8 Å². The third-order valence-electron chi connectivity index (χ3n) is 6.65. The van der Waals surface area contributed by atoms with E-state index >= 15 is 0 Å². The molecule has 0 radical (unpaired) electrons. The van der Waals surface area contributed by atoms with E-state index in [9.17, 15) is 18.3 Å². The Hall–Kier alpha value is -3.82. The van der Waals surface area contributed by atoms with Gasteiger partial charge < -0.3 is 9.84 Å². The van der Waals surface area contributed by atoms with Crippen molar-refractivity contribution in [3.63, 3.8) is 0 Å². The summed E-state index contributed by atoms with van der Waals surface area (Å²) in [5.74, 6) is -0.190. The summed E-state index contributed by atoms with van der Waals surface area (Å²) in [5, 5.41) is 10.9. The highest BCUT2D eigenvalue weighted by Gasteiger charge is 2.32. The number of aryl methyl sites for hydroxylation is 2. The maximum atomic E-state index is 14.0. The molecule has 0 unspecified atom stereocenters. The van der Waals surface area contributed by atoms with Crippen molar-refractivity contribution < 1.29 is 18.3 Å². The van der Waals surface area contributed by atoms with Gasteiger partial charge in [0.1, 0.15) is 5.82 Å². The molecule has 2 aromatic heterocycles. The van der Waals surface area contributed by atoms with Crippen LogP contribution in [0.5, 0.6) is 5.88 Å². The van der Waals surface area contributed by atoms with Gasteiger partial charge in [0.15, 0.2) is 4.90 Å². The minimum absolute atomic E-state index is 0.115. The van der Waals surface area contributed by atoms with Gasteiger partial charge in [-0.2, -0.15) is 4.98 Å². The van der Waals surface area contributed by atoms with Crippen LogP contribution in [0.15, 0.2) is 87.5 Å². The number of hydrogen-bond acceptors (Lipinski definition) is 7. The fourth-order valence-corrected chi connectivity index (χ4v) is 5.92.